The van der Waals surface area contributed by atoms with Gasteiger partial charge in [-0.15, -0.1) is 0 Å². The van der Waals surface area contributed by atoms with Crippen molar-refractivity contribution in [1.29, 1.82) is 0 Å². The van der Waals surface area contributed by atoms with Crippen LogP contribution in [-0.4, -0.2) is 68.9 Å². The molecule has 9 heteroatoms. The van der Waals surface area contributed by atoms with Crippen molar-refractivity contribution in [2.75, 3.05) is 38.8 Å². The fourth-order valence-corrected chi connectivity index (χ4v) is 3.99. The first-order valence-electron chi connectivity index (χ1n) is 9.18. The van der Waals surface area contributed by atoms with Crippen LogP contribution in [-0.2, 0) is 19.1 Å². The van der Waals surface area contributed by atoms with Crippen molar-refractivity contribution in [3.05, 3.63) is 18.2 Å². The number of likely N-dealkylation sites (tertiary alicyclic amines) is 1. The van der Waals surface area contributed by atoms with Crippen LogP contribution in [0, 0.1) is 5.92 Å². The molecule has 0 spiro atoms. The zero-order chi connectivity index (χ0) is 19.8. The van der Waals surface area contributed by atoms with Crippen LogP contribution in [0.25, 0.3) is 0 Å². The topological polar surface area (TPSA) is 94.6 Å². The van der Waals surface area contributed by atoms with Crippen molar-refractivity contribution >= 4 is 23.7 Å². The summed E-state index contributed by atoms with van der Waals surface area (Å²) in [6, 6.07) is 5.23. The smallest absolute Gasteiger partial charge is 0.493 e. The minimum Gasteiger partial charge on any atom is -0.493 e. The molecule has 0 aromatic heterocycles. The van der Waals surface area contributed by atoms with Gasteiger partial charge in [0.05, 0.1) is 26.7 Å². The van der Waals surface area contributed by atoms with E-state index in [1.54, 1.807) is 35.1 Å². The van der Waals surface area contributed by atoms with Gasteiger partial charge in [-0.2, -0.15) is 0 Å². The van der Waals surface area contributed by atoms with Crippen LogP contribution < -0.4 is 14.4 Å². The van der Waals surface area contributed by atoms with E-state index in [9.17, 15) is 14.4 Å². The maximum absolute atomic E-state index is 12.9. The van der Waals surface area contributed by atoms with E-state index in [-0.39, 0.29) is 24.3 Å². The summed E-state index contributed by atoms with van der Waals surface area (Å²) in [6.07, 6.45) is -0.703. The number of benzene rings is 1. The van der Waals surface area contributed by atoms with Crippen LogP contribution in [0.15, 0.2) is 18.2 Å². The molecule has 0 N–H and O–H groups in total. The van der Waals surface area contributed by atoms with Gasteiger partial charge in [-0.1, -0.05) is 0 Å². The zero-order valence-electron chi connectivity index (χ0n) is 15.8. The van der Waals surface area contributed by atoms with Crippen molar-refractivity contribution in [3.8, 4) is 11.5 Å². The molecule has 28 heavy (non-hydrogen) atoms. The molecule has 150 valence electrons. The van der Waals surface area contributed by atoms with E-state index in [1.807, 2.05) is 0 Å². The molecule has 3 atom stereocenters. The maximum atomic E-state index is 12.9. The number of hydrogen-bond acceptors (Lipinski definition) is 7. The standard InChI is InChI=1S/C19H22N2O7/c1-25-13-4-3-12(8-15(13)26-2)21-9-11(7-17(21)22)18(23)20-6-5-14-16(10-20)28-19(24)27-14/h3-4,8,11,14,16H,5-7,9-10H2,1-2H3. The number of carbonyl (C=O) groups is 3. The Labute approximate surface area is 162 Å². The molecule has 0 saturated carbocycles. The first kappa shape index (κ1) is 18.4. The maximum Gasteiger partial charge on any atom is 0.509 e. The highest BCUT2D eigenvalue weighted by atomic mass is 16.8. The fourth-order valence-electron chi connectivity index (χ4n) is 3.99. The first-order chi connectivity index (χ1) is 13.5. The molecule has 0 radical (unpaired) electrons. The minimum absolute atomic E-state index is 0.0993. The highest BCUT2D eigenvalue weighted by molar-refractivity contribution is 6.00. The van der Waals surface area contributed by atoms with E-state index in [2.05, 4.69) is 0 Å². The van der Waals surface area contributed by atoms with Crippen molar-refractivity contribution in [2.45, 2.75) is 25.0 Å². The third kappa shape index (κ3) is 3.21. The Balaban J connectivity index is 1.44. The molecule has 1 aromatic rings. The third-order valence-corrected chi connectivity index (χ3v) is 5.46. The molecule has 3 unspecified atom stereocenters. The SMILES string of the molecule is COc1ccc(N2CC(C(=O)N3CCC4OC(=O)OC4C3)CC2=O)cc1OC. The summed E-state index contributed by atoms with van der Waals surface area (Å²) in [5.41, 5.74) is 0.662. The molecule has 4 rings (SSSR count). The number of amides is 2. The fraction of sp³-hybridized carbons (Fsp3) is 0.526. The quantitative estimate of drug-likeness (QED) is 0.713. The summed E-state index contributed by atoms with van der Waals surface area (Å²) in [5.74, 6) is 0.443. The van der Waals surface area contributed by atoms with Crippen LogP contribution in [0.1, 0.15) is 12.8 Å². The van der Waals surface area contributed by atoms with Crippen molar-refractivity contribution in [2.24, 2.45) is 5.92 Å². The van der Waals surface area contributed by atoms with Gasteiger partial charge >= 0.3 is 6.16 Å². The molecule has 1 aromatic carbocycles. The summed E-state index contributed by atoms with van der Waals surface area (Å²) in [6.45, 7) is 1.09. The summed E-state index contributed by atoms with van der Waals surface area (Å²) in [7, 11) is 3.08. The molecule has 3 heterocycles. The number of carbonyl (C=O) groups excluding carboxylic acids is 3. The van der Waals surface area contributed by atoms with Gasteiger partial charge in [0.1, 0.15) is 6.10 Å². The van der Waals surface area contributed by atoms with Gasteiger partial charge in [-0.3, -0.25) is 9.59 Å². The second kappa shape index (κ2) is 7.21. The largest absolute Gasteiger partial charge is 0.509 e. The average Bonchev–Trinajstić information content (AvgIpc) is 3.27. The van der Waals surface area contributed by atoms with Gasteiger partial charge in [0.2, 0.25) is 11.8 Å². The number of hydrogen-bond donors (Lipinski definition) is 0. The van der Waals surface area contributed by atoms with Gasteiger partial charge in [-0.25, -0.2) is 4.79 Å². The second-order valence-electron chi connectivity index (χ2n) is 7.08. The molecular formula is C19H22N2O7. The lowest BCUT2D eigenvalue weighted by Crippen LogP contribution is -2.49. The average molecular weight is 390 g/mol. The van der Waals surface area contributed by atoms with Crippen LogP contribution in [0.2, 0.25) is 0 Å². The molecule has 3 saturated heterocycles. The Morgan fingerprint density at radius 1 is 1.07 bits per heavy atom. The molecular weight excluding hydrogens is 368 g/mol. The summed E-state index contributed by atoms with van der Waals surface area (Å²) < 4.78 is 20.7. The Bertz CT molecular complexity index is 811. The molecule has 0 bridgehead atoms. The first-order valence-corrected chi connectivity index (χ1v) is 9.18. The van der Waals surface area contributed by atoms with Crippen molar-refractivity contribution < 1.29 is 33.3 Å². The van der Waals surface area contributed by atoms with Crippen LogP contribution in [0.5, 0.6) is 11.5 Å². The van der Waals surface area contributed by atoms with E-state index in [0.717, 1.165) is 0 Å². The lowest BCUT2D eigenvalue weighted by atomic mass is 10.0. The number of rotatable bonds is 4. The second-order valence-corrected chi connectivity index (χ2v) is 7.08. The zero-order valence-corrected chi connectivity index (χ0v) is 15.8. The Kier molecular flexibility index (Phi) is 4.74. The van der Waals surface area contributed by atoms with E-state index in [4.69, 9.17) is 18.9 Å². The van der Waals surface area contributed by atoms with Gasteiger partial charge in [-0.05, 0) is 12.1 Å². The molecule has 3 aliphatic heterocycles. The van der Waals surface area contributed by atoms with Gasteiger partial charge in [0.15, 0.2) is 17.6 Å². The molecule has 9 nitrogen and oxygen atoms in total. The van der Waals surface area contributed by atoms with Crippen LogP contribution in [0.3, 0.4) is 0 Å². The Hall–Kier alpha value is -2.97. The minimum atomic E-state index is -0.681. The van der Waals surface area contributed by atoms with Crippen LogP contribution >= 0.6 is 0 Å². The summed E-state index contributed by atoms with van der Waals surface area (Å²) in [5, 5.41) is 0. The number of nitrogens with zero attached hydrogens (tertiary/aromatic N) is 2. The highest BCUT2D eigenvalue weighted by Gasteiger charge is 2.44. The van der Waals surface area contributed by atoms with Crippen LogP contribution in [0.4, 0.5) is 10.5 Å². The summed E-state index contributed by atoms with van der Waals surface area (Å²) >= 11 is 0. The number of fused-ring (bicyclic) bond motifs is 1. The Morgan fingerprint density at radius 3 is 2.57 bits per heavy atom. The third-order valence-electron chi connectivity index (χ3n) is 5.46. The van der Waals surface area contributed by atoms with E-state index in [1.165, 1.54) is 7.11 Å². The van der Waals surface area contributed by atoms with E-state index >= 15 is 0 Å². The number of anilines is 1. The predicted molar refractivity (Wildman–Crippen MR) is 96.3 cm³/mol. The molecule has 3 aliphatic rings. The molecule has 3 fully saturated rings. The number of ether oxygens (including phenoxy) is 4. The lowest BCUT2D eigenvalue weighted by molar-refractivity contribution is -0.139. The van der Waals surface area contributed by atoms with E-state index in [0.29, 0.717) is 43.2 Å². The van der Waals surface area contributed by atoms with Gasteiger partial charge in [0, 0.05) is 37.7 Å². The van der Waals surface area contributed by atoms with Crippen molar-refractivity contribution in [1.82, 2.24) is 4.90 Å². The lowest BCUT2D eigenvalue weighted by Gasteiger charge is -2.33. The Morgan fingerprint density at radius 2 is 1.82 bits per heavy atom. The normalized spacial score (nSPS) is 26.6. The molecule has 2 amide bonds. The predicted octanol–water partition coefficient (Wildman–Crippen LogP) is 1.19. The number of piperidine rings is 1. The van der Waals surface area contributed by atoms with E-state index < -0.39 is 18.2 Å². The number of methoxy groups -OCH3 is 2. The van der Waals surface area contributed by atoms with Crippen molar-refractivity contribution in [3.63, 3.8) is 0 Å². The van der Waals surface area contributed by atoms with Gasteiger partial charge < -0.3 is 28.7 Å². The highest BCUT2D eigenvalue weighted by Crippen LogP contribution is 2.35. The molecule has 0 aliphatic carbocycles. The van der Waals surface area contributed by atoms with Gasteiger partial charge in [0.25, 0.3) is 0 Å². The monoisotopic (exact) mass is 390 g/mol. The summed E-state index contributed by atoms with van der Waals surface area (Å²) in [4.78, 5) is 40.0.